The van der Waals surface area contributed by atoms with Crippen molar-refractivity contribution in [3.63, 3.8) is 0 Å². The van der Waals surface area contributed by atoms with E-state index >= 15 is 0 Å². The second-order valence-electron chi connectivity index (χ2n) is 4.96. The summed E-state index contributed by atoms with van der Waals surface area (Å²) in [6.07, 6.45) is 0. The van der Waals surface area contributed by atoms with Gasteiger partial charge >= 0.3 is 6.61 Å². The van der Waals surface area contributed by atoms with Gasteiger partial charge in [0.1, 0.15) is 5.82 Å². The molecular formula is C17H16F3NO3. The van der Waals surface area contributed by atoms with Crippen LogP contribution in [0.4, 0.5) is 13.2 Å². The highest BCUT2D eigenvalue weighted by Crippen LogP contribution is 2.32. The van der Waals surface area contributed by atoms with E-state index in [-0.39, 0.29) is 17.1 Å². The Hall–Kier alpha value is -2.70. The van der Waals surface area contributed by atoms with Gasteiger partial charge in [-0.3, -0.25) is 4.79 Å². The summed E-state index contributed by atoms with van der Waals surface area (Å²) in [5.74, 6) is -1.31. The quantitative estimate of drug-likeness (QED) is 0.867. The van der Waals surface area contributed by atoms with Crippen LogP contribution >= 0.6 is 0 Å². The zero-order valence-corrected chi connectivity index (χ0v) is 13.1. The third-order valence-corrected chi connectivity index (χ3v) is 3.37. The van der Waals surface area contributed by atoms with E-state index in [9.17, 15) is 18.0 Å². The first-order valence-corrected chi connectivity index (χ1v) is 7.10. The van der Waals surface area contributed by atoms with Gasteiger partial charge in [0.15, 0.2) is 11.5 Å². The zero-order valence-electron chi connectivity index (χ0n) is 13.1. The monoisotopic (exact) mass is 339 g/mol. The summed E-state index contributed by atoms with van der Waals surface area (Å²) in [6, 6.07) is 9.41. The molecule has 0 spiro atoms. The van der Waals surface area contributed by atoms with Gasteiger partial charge in [-0.25, -0.2) is 4.39 Å². The van der Waals surface area contributed by atoms with Crippen LogP contribution in [-0.2, 0) is 0 Å². The largest absolute Gasteiger partial charge is 0.493 e. The molecule has 2 aromatic carbocycles. The average Bonchev–Trinajstić information content (AvgIpc) is 2.55. The number of amides is 1. The highest BCUT2D eigenvalue weighted by Gasteiger charge is 2.21. The average molecular weight is 339 g/mol. The first-order chi connectivity index (χ1) is 11.4. The molecule has 1 amide bonds. The lowest BCUT2D eigenvalue weighted by Crippen LogP contribution is -2.27. The molecule has 0 aliphatic heterocycles. The lowest BCUT2D eigenvalue weighted by atomic mass is 10.1. The Bertz CT molecular complexity index is 705. The molecule has 0 heterocycles. The summed E-state index contributed by atoms with van der Waals surface area (Å²) in [6.45, 7) is -1.40. The molecule has 0 aliphatic carbocycles. The number of rotatable bonds is 6. The third-order valence-electron chi connectivity index (χ3n) is 3.37. The van der Waals surface area contributed by atoms with Crippen LogP contribution in [0.1, 0.15) is 28.9 Å². The summed E-state index contributed by atoms with van der Waals surface area (Å²) in [7, 11) is 1.29. The molecule has 1 N–H and O–H groups in total. The van der Waals surface area contributed by atoms with Gasteiger partial charge in [0.2, 0.25) is 0 Å². The van der Waals surface area contributed by atoms with Crippen LogP contribution in [0.5, 0.6) is 11.5 Å². The van der Waals surface area contributed by atoms with Crippen molar-refractivity contribution in [1.29, 1.82) is 0 Å². The standard InChI is InChI=1S/C17H16F3NO3/c1-10(11-6-8-12(18)9-7-11)21-16(22)13-4-3-5-14(23-2)15(13)24-17(19)20/h3-10,17H,1-2H3,(H,21,22). The van der Waals surface area contributed by atoms with E-state index in [1.807, 2.05) is 0 Å². The number of carbonyl (C=O) groups excluding carboxylic acids is 1. The van der Waals surface area contributed by atoms with Crippen molar-refractivity contribution >= 4 is 5.91 Å². The van der Waals surface area contributed by atoms with Crippen molar-refractivity contribution in [3.8, 4) is 11.5 Å². The fraction of sp³-hybridized carbons (Fsp3) is 0.235. The van der Waals surface area contributed by atoms with Crippen LogP contribution in [0.25, 0.3) is 0 Å². The van der Waals surface area contributed by atoms with E-state index < -0.39 is 24.4 Å². The van der Waals surface area contributed by atoms with Gasteiger partial charge in [0.05, 0.1) is 18.7 Å². The van der Waals surface area contributed by atoms with Crippen molar-refractivity contribution in [2.24, 2.45) is 0 Å². The van der Waals surface area contributed by atoms with Gasteiger partial charge in [-0.15, -0.1) is 0 Å². The van der Waals surface area contributed by atoms with E-state index in [0.29, 0.717) is 5.56 Å². The number of benzene rings is 2. The minimum atomic E-state index is -3.10. The van der Waals surface area contributed by atoms with E-state index in [1.54, 1.807) is 6.92 Å². The number of methoxy groups -OCH3 is 1. The Balaban J connectivity index is 2.24. The Morgan fingerprint density at radius 1 is 1.12 bits per heavy atom. The first kappa shape index (κ1) is 17.7. The van der Waals surface area contributed by atoms with Crippen molar-refractivity contribution < 1.29 is 27.4 Å². The Morgan fingerprint density at radius 3 is 2.38 bits per heavy atom. The summed E-state index contributed by atoms with van der Waals surface area (Å²) in [5, 5.41) is 2.66. The molecule has 2 aromatic rings. The summed E-state index contributed by atoms with van der Waals surface area (Å²) >= 11 is 0. The predicted octanol–water partition coefficient (Wildman–Crippen LogP) is 3.93. The third kappa shape index (κ3) is 4.18. The van der Waals surface area contributed by atoms with Crippen molar-refractivity contribution in [3.05, 3.63) is 59.4 Å². The zero-order chi connectivity index (χ0) is 17.7. The maximum atomic E-state index is 12.9. The van der Waals surface area contributed by atoms with Crippen molar-refractivity contribution in [2.45, 2.75) is 19.6 Å². The molecule has 0 saturated carbocycles. The van der Waals surface area contributed by atoms with Crippen LogP contribution in [0.15, 0.2) is 42.5 Å². The van der Waals surface area contributed by atoms with Crippen LogP contribution in [-0.4, -0.2) is 19.6 Å². The van der Waals surface area contributed by atoms with Gasteiger partial charge in [0, 0.05) is 0 Å². The first-order valence-electron chi connectivity index (χ1n) is 7.10. The highest BCUT2D eigenvalue weighted by molar-refractivity contribution is 5.98. The predicted molar refractivity (Wildman–Crippen MR) is 81.9 cm³/mol. The summed E-state index contributed by atoms with van der Waals surface area (Å²) < 4.78 is 47.5. The second-order valence-corrected chi connectivity index (χ2v) is 4.96. The topological polar surface area (TPSA) is 47.6 Å². The van der Waals surface area contributed by atoms with Gasteiger partial charge in [-0.1, -0.05) is 18.2 Å². The maximum absolute atomic E-state index is 12.9. The van der Waals surface area contributed by atoms with Gasteiger partial charge < -0.3 is 14.8 Å². The molecule has 1 unspecified atom stereocenters. The van der Waals surface area contributed by atoms with Gasteiger partial charge in [-0.2, -0.15) is 8.78 Å². The smallest absolute Gasteiger partial charge is 0.387 e. The molecule has 1 atom stereocenters. The molecule has 0 aliphatic rings. The number of halogens is 3. The van der Waals surface area contributed by atoms with Crippen molar-refractivity contribution in [2.75, 3.05) is 7.11 Å². The number of carbonyl (C=O) groups is 1. The number of hydrogen-bond acceptors (Lipinski definition) is 3. The Labute approximate surface area is 137 Å². The van der Waals surface area contributed by atoms with Crippen LogP contribution < -0.4 is 14.8 Å². The summed E-state index contributed by atoms with van der Waals surface area (Å²) in [5.41, 5.74) is 0.590. The maximum Gasteiger partial charge on any atom is 0.387 e. The number of para-hydroxylation sites is 1. The second kappa shape index (κ2) is 7.72. The van der Waals surface area contributed by atoms with Crippen LogP contribution in [0.3, 0.4) is 0 Å². The number of nitrogens with one attached hydrogen (secondary N) is 1. The Kier molecular flexibility index (Phi) is 5.68. The molecule has 0 fully saturated rings. The molecule has 7 heteroatoms. The molecule has 0 saturated heterocycles. The molecule has 0 bridgehead atoms. The number of hydrogen-bond donors (Lipinski definition) is 1. The highest BCUT2D eigenvalue weighted by atomic mass is 19.3. The molecular weight excluding hydrogens is 323 g/mol. The fourth-order valence-corrected chi connectivity index (χ4v) is 2.18. The van der Waals surface area contributed by atoms with E-state index in [1.165, 1.54) is 49.6 Å². The molecule has 0 radical (unpaired) electrons. The summed E-state index contributed by atoms with van der Waals surface area (Å²) in [4.78, 5) is 12.4. The van der Waals surface area contributed by atoms with Crippen molar-refractivity contribution in [1.82, 2.24) is 5.32 Å². The van der Waals surface area contributed by atoms with Crippen LogP contribution in [0, 0.1) is 5.82 Å². The molecule has 4 nitrogen and oxygen atoms in total. The lowest BCUT2D eigenvalue weighted by molar-refractivity contribution is -0.0515. The molecule has 128 valence electrons. The number of alkyl halides is 2. The Morgan fingerprint density at radius 2 is 1.79 bits per heavy atom. The normalized spacial score (nSPS) is 11.9. The van der Waals surface area contributed by atoms with E-state index in [2.05, 4.69) is 10.1 Å². The minimum absolute atomic E-state index is 0.0254. The molecule has 24 heavy (non-hydrogen) atoms. The SMILES string of the molecule is COc1cccc(C(=O)NC(C)c2ccc(F)cc2)c1OC(F)F. The molecule has 2 rings (SSSR count). The number of ether oxygens (including phenoxy) is 2. The van der Waals surface area contributed by atoms with Crippen LogP contribution in [0.2, 0.25) is 0 Å². The lowest BCUT2D eigenvalue weighted by Gasteiger charge is -2.17. The van der Waals surface area contributed by atoms with E-state index in [4.69, 9.17) is 4.74 Å². The van der Waals surface area contributed by atoms with Gasteiger partial charge in [-0.05, 0) is 36.8 Å². The molecule has 0 aromatic heterocycles. The minimum Gasteiger partial charge on any atom is -0.493 e. The van der Waals surface area contributed by atoms with Gasteiger partial charge in [0.25, 0.3) is 5.91 Å². The fourth-order valence-electron chi connectivity index (χ4n) is 2.18. The van der Waals surface area contributed by atoms with E-state index in [0.717, 1.165) is 0 Å².